The summed E-state index contributed by atoms with van der Waals surface area (Å²) in [4.78, 5) is 147. The van der Waals surface area contributed by atoms with Gasteiger partial charge in [-0.15, -0.1) is 0 Å². The largest absolute Gasteiger partial charge is 0.497 e. The first-order chi connectivity index (χ1) is 55.0. The minimum absolute atomic E-state index is 0.0123. The van der Waals surface area contributed by atoms with Crippen molar-refractivity contribution in [1.29, 1.82) is 0 Å². The molecule has 1 aliphatic heterocycles. The SMILES string of the molecule is CCN(CC)c1ccc2cc(C(=O)NC[C@H](NC)C(C)=O)c(=O)oc2c1.CCN(CC)c1ccc2cc(C(C)=O)c(=O)oc2c1.CN[C@@H](CNC(=O)c1cc2cc3c4c(c2oc1=O)CCCC4NCC3)C(C)=O.CN[C@@H](Cc1cc2cc(OC)c(OC)cc2oc1=O)C(C)=O.CN[C@@H](Cc1cc2ccc(OC)cc2oc1=O)C(C)=O. The lowest BCUT2D eigenvalue weighted by molar-refractivity contribution is -0.119. The van der Waals surface area contributed by atoms with E-state index in [4.69, 9.17) is 36.3 Å². The summed E-state index contributed by atoms with van der Waals surface area (Å²) in [5.41, 5.74) is 6.19. The number of aryl methyl sites for hydroxylation is 1. The number of ketones is 5. The molecule has 5 aromatic heterocycles. The summed E-state index contributed by atoms with van der Waals surface area (Å²) in [6.07, 6.45) is 4.55. The molecule has 6 heterocycles. The molecular weight excluding hydrogens is 1480 g/mol. The molecule has 0 saturated carbocycles. The number of amides is 2. The van der Waals surface area contributed by atoms with Gasteiger partial charge in [-0.05, 0) is 213 Å². The van der Waals surface area contributed by atoms with Gasteiger partial charge in [-0.25, -0.2) is 24.0 Å². The molecule has 0 bridgehead atoms. The molecule has 5 aromatic carbocycles. The Morgan fingerprint density at radius 3 is 1.33 bits per heavy atom. The molecule has 2 aliphatic rings. The lowest BCUT2D eigenvalue weighted by Crippen LogP contribution is -2.44. The second-order valence-electron chi connectivity index (χ2n) is 27.6. The molecule has 0 spiro atoms. The minimum Gasteiger partial charge on any atom is -0.497 e. The highest BCUT2D eigenvalue weighted by Crippen LogP contribution is 2.40. The van der Waals surface area contributed by atoms with Gasteiger partial charge in [0.25, 0.3) is 11.8 Å². The molecule has 1 unspecified atom stereocenters. The van der Waals surface area contributed by atoms with Gasteiger partial charge in [-0.2, -0.15) is 0 Å². The van der Waals surface area contributed by atoms with Crippen LogP contribution in [0.25, 0.3) is 54.8 Å². The van der Waals surface area contributed by atoms with Gasteiger partial charge in [0.2, 0.25) is 0 Å². The first-order valence-corrected chi connectivity index (χ1v) is 38.1. The normalized spacial score (nSPS) is 13.6. The average molecular weight is 1580 g/mol. The summed E-state index contributed by atoms with van der Waals surface area (Å²) >= 11 is 0. The summed E-state index contributed by atoms with van der Waals surface area (Å²) in [5, 5.41) is 24.0. The summed E-state index contributed by atoms with van der Waals surface area (Å²) in [5.74, 6) is 0.0848. The van der Waals surface area contributed by atoms with Gasteiger partial charge in [0.15, 0.2) is 17.3 Å². The molecule has 10 aromatic rings. The Hall–Kier alpha value is -11.8. The Bertz CT molecular complexity index is 5540. The smallest absolute Gasteiger partial charge is 0.349 e. The molecule has 0 radical (unpaired) electrons. The molecule has 0 saturated heterocycles. The number of anilines is 2. The van der Waals surface area contributed by atoms with Crippen LogP contribution in [-0.4, -0.2) is 160 Å². The first kappa shape index (κ1) is 88.8. The zero-order valence-corrected chi connectivity index (χ0v) is 68.0. The number of fused-ring (bicyclic) bond motifs is 6. The Kier molecular flexibility index (Phi) is 31.9. The van der Waals surface area contributed by atoms with Crippen molar-refractivity contribution in [3.05, 3.63) is 200 Å². The Labute approximate surface area is 664 Å². The van der Waals surface area contributed by atoms with Crippen LogP contribution in [0.2, 0.25) is 0 Å². The van der Waals surface area contributed by atoms with Gasteiger partial charge < -0.3 is 83.3 Å². The predicted octanol–water partition coefficient (Wildman–Crippen LogP) is 8.66. The van der Waals surface area contributed by atoms with E-state index in [2.05, 4.69) is 80.8 Å². The van der Waals surface area contributed by atoms with E-state index in [1.165, 1.54) is 66.0 Å². The summed E-state index contributed by atoms with van der Waals surface area (Å²) < 4.78 is 42.4. The van der Waals surface area contributed by atoms with Gasteiger partial charge in [0.1, 0.15) is 73.5 Å². The molecule has 7 N–H and O–H groups in total. The lowest BCUT2D eigenvalue weighted by Gasteiger charge is -2.33. The van der Waals surface area contributed by atoms with Crippen molar-refractivity contribution in [2.75, 3.05) is 105 Å². The standard InChI is InChI=1S/C21H25N3O4.C19H25N3O4.C16H19NO5.C15H17NO4.C15H17NO3/c1-11(25)17(22-2)10-24-20(26)15-9-13-8-12-6-7-23-16-5-3-4-14(18(12)16)19(13)28-21(15)27;1-5-22(6-2)14-8-7-13-9-15(19(25)26-17(13)10-14)18(24)21-11-16(20-4)12(3)23;1-9(18)12(17-2)6-11-5-10-7-14(20-3)15(21-4)8-13(10)22-16(11)19;1-9(17)13(16-2)7-11-6-10-4-5-12(19-3)8-14(10)20-15(11)18;1-4-16(5-2)12-7-6-11-8-13(10(3)17)15(18)19-14(11)9-12/h8-9,16-17,22-23H,3-7,10H2,1-2H3,(H,24,26);7-10,16,20H,5-6,11H2,1-4H3,(H,21,24);5,7-8,12,17H,6H2,1-4H3;4-6,8,13,16H,7H2,1-3H3;6-9H,4-5H2,1-3H3/t16?,17-;16-;12-;13-;/m0000./s1. The Morgan fingerprint density at radius 1 is 0.452 bits per heavy atom. The molecular formula is C86H103N9O20. The van der Waals surface area contributed by atoms with E-state index < -0.39 is 58.1 Å². The van der Waals surface area contributed by atoms with Gasteiger partial charge in [-0.3, -0.25) is 33.6 Å². The Morgan fingerprint density at radius 2 is 0.870 bits per heavy atom. The van der Waals surface area contributed by atoms with E-state index in [0.29, 0.717) is 79.5 Å². The topological polar surface area (TPSA) is 389 Å². The minimum atomic E-state index is -0.699. The maximum atomic E-state index is 12.5. The fraction of sp³-hybridized carbons (Fsp3) is 0.395. The quantitative estimate of drug-likeness (QED) is 0.0178. The summed E-state index contributed by atoms with van der Waals surface area (Å²) in [6, 6.07) is 28.7. The highest BCUT2D eigenvalue weighted by Gasteiger charge is 2.30. The molecule has 12 rings (SSSR count). The van der Waals surface area contributed by atoms with Crippen molar-refractivity contribution in [1.82, 2.24) is 37.2 Å². The molecule has 29 heteroatoms. The first-order valence-electron chi connectivity index (χ1n) is 38.1. The number of hydrogen-bond acceptors (Lipinski definition) is 27. The molecule has 0 fully saturated rings. The summed E-state index contributed by atoms with van der Waals surface area (Å²) in [7, 11) is 11.3. The number of carbonyl (C=O) groups is 7. The van der Waals surface area contributed by atoms with Crippen molar-refractivity contribution in [3.8, 4) is 17.2 Å². The van der Waals surface area contributed by atoms with E-state index in [1.807, 2.05) is 36.4 Å². The molecule has 115 heavy (non-hydrogen) atoms. The van der Waals surface area contributed by atoms with Crippen LogP contribution in [0.4, 0.5) is 11.4 Å². The van der Waals surface area contributed by atoms with Crippen LogP contribution in [0.3, 0.4) is 0 Å². The number of Topliss-reactive ketones (excluding diaryl/α,β-unsaturated/α-hetero) is 5. The molecule has 1 aliphatic carbocycles. The number of ether oxygens (including phenoxy) is 3. The second kappa shape index (κ2) is 41.3. The number of nitrogens with one attached hydrogen (secondary N) is 7. The lowest BCUT2D eigenvalue weighted by atomic mass is 9.80. The van der Waals surface area contributed by atoms with Crippen molar-refractivity contribution in [3.63, 3.8) is 0 Å². The van der Waals surface area contributed by atoms with Crippen LogP contribution in [-0.2, 0) is 44.9 Å². The average Bonchev–Trinajstić information content (AvgIpc) is 0.748. The Balaban J connectivity index is 0.000000181. The van der Waals surface area contributed by atoms with E-state index in [1.54, 1.807) is 89.9 Å². The maximum absolute atomic E-state index is 12.5. The third-order valence-electron chi connectivity index (χ3n) is 20.3. The number of carbonyl (C=O) groups excluding carboxylic acids is 7. The highest BCUT2D eigenvalue weighted by atomic mass is 16.5. The van der Waals surface area contributed by atoms with Crippen LogP contribution in [0, 0.1) is 0 Å². The molecule has 5 atom stereocenters. The zero-order chi connectivity index (χ0) is 84.1. The molecule has 612 valence electrons. The number of nitrogens with zero attached hydrogens (tertiary/aromatic N) is 2. The van der Waals surface area contributed by atoms with Gasteiger partial charge in [-0.1, -0.05) is 0 Å². The van der Waals surface area contributed by atoms with Gasteiger partial charge in [0.05, 0.1) is 45.5 Å². The maximum Gasteiger partial charge on any atom is 0.349 e. The van der Waals surface area contributed by atoms with E-state index in [-0.39, 0.29) is 71.2 Å². The van der Waals surface area contributed by atoms with Crippen LogP contribution in [0.5, 0.6) is 17.2 Å². The third kappa shape index (κ3) is 22.2. The number of rotatable bonds is 28. The van der Waals surface area contributed by atoms with Crippen molar-refractivity contribution >= 4 is 107 Å². The van der Waals surface area contributed by atoms with E-state index >= 15 is 0 Å². The monoisotopic (exact) mass is 1580 g/mol. The number of hydrogen-bond donors (Lipinski definition) is 7. The molecule has 29 nitrogen and oxygen atoms in total. The van der Waals surface area contributed by atoms with Crippen molar-refractivity contribution in [2.45, 2.75) is 131 Å². The zero-order valence-electron chi connectivity index (χ0n) is 68.0. The predicted molar refractivity (Wildman–Crippen MR) is 443 cm³/mol. The van der Waals surface area contributed by atoms with Gasteiger partial charge in [0, 0.05) is 137 Å². The van der Waals surface area contributed by atoms with Crippen molar-refractivity contribution < 1.29 is 69.9 Å². The van der Waals surface area contributed by atoms with Crippen molar-refractivity contribution in [2.24, 2.45) is 0 Å². The van der Waals surface area contributed by atoms with Gasteiger partial charge >= 0.3 is 28.1 Å². The number of benzene rings is 5. The van der Waals surface area contributed by atoms with Crippen LogP contribution < -0.4 is 89.4 Å². The van der Waals surface area contributed by atoms with Crippen LogP contribution >= 0.6 is 0 Å². The number of methoxy groups -OCH3 is 3. The van der Waals surface area contributed by atoms with E-state index in [9.17, 15) is 57.5 Å². The van der Waals surface area contributed by atoms with E-state index in [0.717, 1.165) is 91.5 Å². The van der Waals surface area contributed by atoms with Crippen LogP contribution in [0.15, 0.2) is 149 Å². The third-order valence-corrected chi connectivity index (χ3v) is 20.3. The van der Waals surface area contributed by atoms with Crippen LogP contribution in [0.1, 0.15) is 140 Å². The summed E-state index contributed by atoms with van der Waals surface area (Å²) in [6.45, 7) is 20.1. The second-order valence-corrected chi connectivity index (χ2v) is 27.6. The fourth-order valence-corrected chi connectivity index (χ4v) is 13.7. The molecule has 2 amide bonds. The number of likely N-dealkylation sites (N-methyl/N-ethyl adjacent to an activating group) is 4. The highest BCUT2D eigenvalue weighted by molar-refractivity contribution is 6.00. The fourth-order valence-electron chi connectivity index (χ4n) is 13.7.